The van der Waals surface area contributed by atoms with Crippen LogP contribution in [0, 0.1) is 0 Å². The summed E-state index contributed by atoms with van der Waals surface area (Å²) in [4.78, 5) is 12.4. The molecule has 1 amide bonds. The van der Waals surface area contributed by atoms with Crippen LogP contribution in [0.1, 0.15) is 23.2 Å². The van der Waals surface area contributed by atoms with E-state index in [9.17, 15) is 4.79 Å². The van der Waals surface area contributed by atoms with E-state index in [0.717, 1.165) is 25.9 Å². The van der Waals surface area contributed by atoms with Gasteiger partial charge in [0.25, 0.3) is 5.91 Å². The Morgan fingerprint density at radius 2 is 2.09 bits per heavy atom. The number of halogens is 1. The molecule has 0 radical (unpaired) electrons. The van der Waals surface area contributed by atoms with E-state index in [2.05, 4.69) is 10.6 Å². The maximum Gasteiger partial charge on any atom is 0.255 e. The van der Waals surface area contributed by atoms with E-state index in [4.69, 9.17) is 26.8 Å². The molecule has 7 heteroatoms. The number of anilines is 1. The second-order valence-corrected chi connectivity index (χ2v) is 5.80. The van der Waals surface area contributed by atoms with E-state index >= 15 is 0 Å². The molecule has 1 aliphatic heterocycles. The summed E-state index contributed by atoms with van der Waals surface area (Å²) in [6.45, 7) is 2.19. The first kappa shape index (κ1) is 16.9. The summed E-state index contributed by atoms with van der Waals surface area (Å²) < 4.78 is 10.8. The average molecular weight is 328 g/mol. The lowest BCUT2D eigenvalue weighted by molar-refractivity contribution is -0.0313. The normalized spacial score (nSPS) is 17.0. The topological polar surface area (TPSA) is 85.6 Å². The summed E-state index contributed by atoms with van der Waals surface area (Å²) >= 11 is 6.00. The second kappa shape index (κ2) is 7.17. The van der Waals surface area contributed by atoms with Crippen molar-refractivity contribution < 1.29 is 14.3 Å². The number of nitrogen functional groups attached to an aromatic ring is 1. The van der Waals surface area contributed by atoms with E-state index in [1.54, 1.807) is 13.2 Å². The van der Waals surface area contributed by atoms with Crippen LogP contribution in [0.15, 0.2) is 12.1 Å². The third-order valence-corrected chi connectivity index (χ3v) is 4.41. The molecular weight excluding hydrogens is 306 g/mol. The highest BCUT2D eigenvalue weighted by Gasteiger charge is 2.32. The lowest BCUT2D eigenvalue weighted by Crippen LogP contribution is -2.51. The molecule has 0 bridgehead atoms. The number of hydrogen-bond donors (Lipinski definition) is 3. The van der Waals surface area contributed by atoms with Crippen molar-refractivity contribution in [2.24, 2.45) is 0 Å². The van der Waals surface area contributed by atoms with Gasteiger partial charge in [0.05, 0.1) is 29.0 Å². The van der Waals surface area contributed by atoms with Crippen LogP contribution >= 0.6 is 11.6 Å². The lowest BCUT2D eigenvalue weighted by Gasteiger charge is -2.36. The highest BCUT2D eigenvalue weighted by atomic mass is 35.5. The molecule has 1 fully saturated rings. The molecule has 1 aliphatic rings. The van der Waals surface area contributed by atoms with Crippen LogP contribution in [-0.4, -0.2) is 45.4 Å². The molecule has 22 heavy (non-hydrogen) atoms. The molecule has 0 atom stereocenters. The Morgan fingerprint density at radius 1 is 1.41 bits per heavy atom. The summed E-state index contributed by atoms with van der Waals surface area (Å²) in [5.41, 5.74) is 6.14. The molecule has 6 nitrogen and oxygen atoms in total. The van der Waals surface area contributed by atoms with Crippen molar-refractivity contribution in [1.29, 1.82) is 0 Å². The summed E-state index contributed by atoms with van der Waals surface area (Å²) in [6.07, 6.45) is 1.70. The van der Waals surface area contributed by atoms with Gasteiger partial charge in [-0.05, 0) is 32.0 Å². The van der Waals surface area contributed by atoms with Crippen LogP contribution in [0.4, 0.5) is 5.69 Å². The Morgan fingerprint density at radius 3 is 2.68 bits per heavy atom. The van der Waals surface area contributed by atoms with Crippen molar-refractivity contribution in [3.8, 4) is 5.75 Å². The number of carbonyl (C=O) groups is 1. The number of methoxy groups -OCH3 is 2. The first-order valence-corrected chi connectivity index (χ1v) is 7.56. The van der Waals surface area contributed by atoms with Gasteiger partial charge in [-0.2, -0.15) is 0 Å². The smallest absolute Gasteiger partial charge is 0.255 e. The molecular formula is C15H22ClN3O3. The standard InChI is InChI=1S/C15H22ClN3O3/c1-21-13-8-12(17)11(16)7-10(13)14(20)19-9-15(22-2)3-5-18-6-4-15/h7-8,18H,3-6,9,17H2,1-2H3,(H,19,20). The van der Waals surface area contributed by atoms with Crippen molar-refractivity contribution >= 4 is 23.2 Å². The Hall–Kier alpha value is -1.50. The molecule has 1 heterocycles. The number of nitrogens with one attached hydrogen (secondary N) is 2. The van der Waals surface area contributed by atoms with E-state index in [1.807, 2.05) is 0 Å². The first-order valence-electron chi connectivity index (χ1n) is 7.18. The zero-order valence-corrected chi connectivity index (χ0v) is 13.6. The maximum atomic E-state index is 12.4. The molecule has 1 saturated heterocycles. The fourth-order valence-electron chi connectivity index (χ4n) is 2.59. The molecule has 122 valence electrons. The van der Waals surface area contributed by atoms with E-state index in [-0.39, 0.29) is 11.5 Å². The number of piperidine rings is 1. The third kappa shape index (κ3) is 3.63. The number of hydrogen-bond acceptors (Lipinski definition) is 5. The van der Waals surface area contributed by atoms with Crippen molar-refractivity contribution in [2.75, 3.05) is 39.6 Å². The van der Waals surface area contributed by atoms with E-state index in [0.29, 0.717) is 28.6 Å². The monoisotopic (exact) mass is 327 g/mol. The Kier molecular flexibility index (Phi) is 5.50. The number of carbonyl (C=O) groups excluding carboxylic acids is 1. The SMILES string of the molecule is COc1cc(N)c(Cl)cc1C(=O)NCC1(OC)CCNCC1. The minimum Gasteiger partial charge on any atom is -0.496 e. The predicted molar refractivity (Wildman–Crippen MR) is 86.6 cm³/mol. The quantitative estimate of drug-likeness (QED) is 0.712. The predicted octanol–water partition coefficient (Wildman–Crippen LogP) is 1.43. The van der Waals surface area contributed by atoms with Crippen molar-refractivity contribution in [2.45, 2.75) is 18.4 Å². The second-order valence-electron chi connectivity index (χ2n) is 5.39. The maximum absolute atomic E-state index is 12.4. The van der Waals surface area contributed by atoms with Crippen molar-refractivity contribution in [3.63, 3.8) is 0 Å². The van der Waals surface area contributed by atoms with Gasteiger partial charge in [0.2, 0.25) is 0 Å². The fourth-order valence-corrected chi connectivity index (χ4v) is 2.75. The van der Waals surface area contributed by atoms with Gasteiger partial charge in [-0.25, -0.2) is 0 Å². The minimum absolute atomic E-state index is 0.256. The summed E-state index contributed by atoms with van der Waals surface area (Å²) in [6, 6.07) is 3.07. The zero-order valence-electron chi connectivity index (χ0n) is 12.9. The molecule has 0 saturated carbocycles. The lowest BCUT2D eigenvalue weighted by atomic mass is 9.92. The van der Waals surface area contributed by atoms with Crippen molar-refractivity contribution in [3.05, 3.63) is 22.7 Å². The summed E-state index contributed by atoms with van der Waals surface area (Å²) in [7, 11) is 3.17. The first-order chi connectivity index (χ1) is 10.5. The van der Waals surface area contributed by atoms with Crippen LogP contribution < -0.4 is 21.1 Å². The molecule has 0 aromatic heterocycles. The number of ether oxygens (including phenoxy) is 2. The number of rotatable bonds is 5. The van der Waals surface area contributed by atoms with Gasteiger partial charge < -0.3 is 25.8 Å². The molecule has 1 aromatic rings. The van der Waals surface area contributed by atoms with Crippen LogP contribution in [-0.2, 0) is 4.74 Å². The molecule has 1 aromatic carbocycles. The van der Waals surface area contributed by atoms with Gasteiger partial charge in [-0.15, -0.1) is 0 Å². The van der Waals surface area contributed by atoms with Crippen LogP contribution in [0.25, 0.3) is 0 Å². The van der Waals surface area contributed by atoms with E-state index in [1.165, 1.54) is 13.2 Å². The molecule has 0 unspecified atom stereocenters. The molecule has 4 N–H and O–H groups in total. The van der Waals surface area contributed by atoms with Gasteiger partial charge in [0, 0.05) is 19.7 Å². The van der Waals surface area contributed by atoms with E-state index < -0.39 is 0 Å². The molecule has 0 aliphatic carbocycles. The van der Waals surface area contributed by atoms with Crippen LogP contribution in [0.5, 0.6) is 5.75 Å². The van der Waals surface area contributed by atoms with Gasteiger partial charge in [-0.3, -0.25) is 4.79 Å². The summed E-state index contributed by atoms with van der Waals surface area (Å²) in [5.74, 6) is 0.143. The van der Waals surface area contributed by atoms with Crippen LogP contribution in [0.2, 0.25) is 5.02 Å². The minimum atomic E-state index is -0.328. The zero-order chi connectivity index (χ0) is 16.2. The summed E-state index contributed by atoms with van der Waals surface area (Å²) in [5, 5.41) is 6.52. The van der Waals surface area contributed by atoms with Gasteiger partial charge >= 0.3 is 0 Å². The highest BCUT2D eigenvalue weighted by Crippen LogP contribution is 2.29. The molecule has 0 spiro atoms. The Bertz CT molecular complexity index is 545. The number of benzene rings is 1. The van der Waals surface area contributed by atoms with Crippen molar-refractivity contribution in [1.82, 2.24) is 10.6 Å². The van der Waals surface area contributed by atoms with Gasteiger partial charge in [0.15, 0.2) is 0 Å². The van der Waals surface area contributed by atoms with Gasteiger partial charge in [0.1, 0.15) is 5.75 Å². The van der Waals surface area contributed by atoms with Crippen LogP contribution in [0.3, 0.4) is 0 Å². The highest BCUT2D eigenvalue weighted by molar-refractivity contribution is 6.33. The number of nitrogens with two attached hydrogens (primary N) is 1. The fraction of sp³-hybridized carbons (Fsp3) is 0.533. The third-order valence-electron chi connectivity index (χ3n) is 4.08. The average Bonchev–Trinajstić information content (AvgIpc) is 2.55. The Balaban J connectivity index is 2.10. The van der Waals surface area contributed by atoms with Gasteiger partial charge in [-0.1, -0.05) is 11.6 Å². The molecule has 2 rings (SSSR count). The largest absolute Gasteiger partial charge is 0.496 e. The number of amides is 1. The Labute approximate surface area is 135 Å².